The van der Waals surface area contributed by atoms with Crippen molar-refractivity contribution >= 4 is 5.91 Å². The fourth-order valence-electron chi connectivity index (χ4n) is 3.96. The van der Waals surface area contributed by atoms with Gasteiger partial charge in [-0.2, -0.15) is 0 Å². The zero-order chi connectivity index (χ0) is 19.7. The molecule has 28 heavy (non-hydrogen) atoms. The maximum atomic E-state index is 11.6. The number of hydrogen-bond acceptors (Lipinski definition) is 4. The molecule has 3 N–H and O–H groups in total. The van der Waals surface area contributed by atoms with Crippen molar-refractivity contribution in [2.24, 2.45) is 5.73 Å². The van der Waals surface area contributed by atoms with Crippen LogP contribution in [-0.2, 0) is 6.54 Å². The van der Waals surface area contributed by atoms with Gasteiger partial charge in [-0.25, -0.2) is 4.98 Å². The first kappa shape index (κ1) is 18.6. The highest BCUT2D eigenvalue weighted by Crippen LogP contribution is 2.35. The van der Waals surface area contributed by atoms with Crippen molar-refractivity contribution < 1.29 is 14.6 Å². The highest BCUT2D eigenvalue weighted by molar-refractivity contribution is 5.91. The lowest BCUT2D eigenvalue weighted by atomic mass is 10.0. The number of ether oxygens (including phenoxy) is 1. The molecule has 1 fully saturated rings. The Labute approximate surface area is 164 Å². The third-order valence-electron chi connectivity index (χ3n) is 5.42. The van der Waals surface area contributed by atoms with Gasteiger partial charge in [0.1, 0.15) is 29.0 Å². The Kier molecular flexibility index (Phi) is 4.86. The third-order valence-corrected chi connectivity index (χ3v) is 5.42. The molecular weight excluding hydrogens is 354 g/mol. The lowest BCUT2D eigenvalue weighted by molar-refractivity contribution is 0.0995. The normalized spacial score (nSPS) is 19.6. The minimum atomic E-state index is -0.882. The van der Waals surface area contributed by atoms with E-state index in [4.69, 9.17) is 10.5 Å². The van der Waals surface area contributed by atoms with Crippen molar-refractivity contribution in [2.45, 2.75) is 63.7 Å². The largest absolute Gasteiger partial charge is 0.488 e. The molecule has 6 heteroatoms. The van der Waals surface area contributed by atoms with Crippen molar-refractivity contribution in [3.8, 4) is 29.0 Å². The second-order valence-electron chi connectivity index (χ2n) is 7.69. The van der Waals surface area contributed by atoms with E-state index in [2.05, 4.69) is 23.7 Å². The molecule has 146 valence electrons. The van der Waals surface area contributed by atoms with Crippen molar-refractivity contribution in [1.29, 1.82) is 0 Å². The number of carbonyl (C=O) groups is 1. The summed E-state index contributed by atoms with van der Waals surface area (Å²) >= 11 is 0. The van der Waals surface area contributed by atoms with Gasteiger partial charge in [0.2, 0.25) is 0 Å². The first-order valence-corrected chi connectivity index (χ1v) is 9.91. The molecule has 4 rings (SSSR count). The molecule has 1 aromatic carbocycles. The first-order chi connectivity index (χ1) is 13.5. The summed E-state index contributed by atoms with van der Waals surface area (Å²) in [4.78, 5) is 16.1. The van der Waals surface area contributed by atoms with Gasteiger partial charge < -0.3 is 20.1 Å². The van der Waals surface area contributed by atoms with Crippen molar-refractivity contribution in [3.05, 3.63) is 35.7 Å². The lowest BCUT2D eigenvalue weighted by Crippen LogP contribution is -2.21. The van der Waals surface area contributed by atoms with Gasteiger partial charge in [-0.3, -0.25) is 4.79 Å². The van der Waals surface area contributed by atoms with Crippen LogP contribution >= 0.6 is 0 Å². The molecule has 6 nitrogen and oxygen atoms in total. The van der Waals surface area contributed by atoms with E-state index in [1.165, 1.54) is 0 Å². The Hall–Kier alpha value is -2.78. The van der Waals surface area contributed by atoms with Crippen molar-refractivity contribution in [1.82, 2.24) is 9.55 Å². The van der Waals surface area contributed by atoms with Crippen LogP contribution in [0, 0.1) is 11.8 Å². The molecular formula is C22H25N3O3. The molecule has 1 atom stereocenters. The van der Waals surface area contributed by atoms with Gasteiger partial charge in [0.15, 0.2) is 0 Å². The predicted octanol–water partition coefficient (Wildman–Crippen LogP) is 2.87. The van der Waals surface area contributed by atoms with Gasteiger partial charge in [0.25, 0.3) is 5.91 Å². The van der Waals surface area contributed by atoms with Gasteiger partial charge in [-0.1, -0.05) is 25.2 Å². The second kappa shape index (κ2) is 7.33. The van der Waals surface area contributed by atoms with Crippen molar-refractivity contribution in [2.75, 3.05) is 0 Å². The van der Waals surface area contributed by atoms with Gasteiger partial charge in [0, 0.05) is 11.8 Å². The average Bonchev–Trinajstić information content (AvgIpc) is 3.25. The smallest absolute Gasteiger partial charge is 0.268 e. The highest BCUT2D eigenvalue weighted by atomic mass is 16.5. The standard InChI is InChI=1S/C22H25N3O3/c1-2-5-16-13-25-14-18(20(23)26)24-21(25)17-12-15(6-7-19(17)28-16)8-11-22(27)9-3-4-10-22/h6-7,12,14,16,27H,2-5,9-10,13H2,1H3,(H2,23,26). The molecule has 0 radical (unpaired) electrons. The van der Waals surface area contributed by atoms with Gasteiger partial charge in [-0.15, -0.1) is 0 Å². The highest BCUT2D eigenvalue weighted by Gasteiger charge is 2.29. The summed E-state index contributed by atoms with van der Waals surface area (Å²) in [6.07, 6.45) is 7.05. The lowest BCUT2D eigenvalue weighted by Gasteiger charge is -2.17. The van der Waals surface area contributed by atoms with E-state index in [-0.39, 0.29) is 11.8 Å². The number of amides is 1. The summed E-state index contributed by atoms with van der Waals surface area (Å²) in [6.45, 7) is 2.73. The minimum absolute atomic E-state index is 0.00365. The number of aliphatic hydroxyl groups is 1. The Balaban J connectivity index is 1.76. The number of nitrogens with zero attached hydrogens (tertiary/aromatic N) is 2. The SMILES string of the molecule is CCCC1Cn2cc(C(N)=O)nc2-c2cc(C#CC3(O)CCCC3)ccc2O1. The third kappa shape index (κ3) is 3.63. The summed E-state index contributed by atoms with van der Waals surface area (Å²) in [5.41, 5.74) is 6.38. The zero-order valence-electron chi connectivity index (χ0n) is 16.1. The van der Waals surface area contributed by atoms with Crippen LogP contribution in [0.3, 0.4) is 0 Å². The summed E-state index contributed by atoms with van der Waals surface area (Å²) in [6, 6.07) is 5.72. The van der Waals surface area contributed by atoms with Crippen LogP contribution in [0.2, 0.25) is 0 Å². The van der Waals surface area contributed by atoms with E-state index in [9.17, 15) is 9.90 Å². The molecule has 1 aliphatic heterocycles. The molecule has 0 saturated heterocycles. The number of aromatic nitrogens is 2. The maximum Gasteiger partial charge on any atom is 0.268 e. The zero-order valence-corrected chi connectivity index (χ0v) is 16.1. The summed E-state index contributed by atoms with van der Waals surface area (Å²) in [5.74, 6) is 6.98. The Morgan fingerprint density at radius 2 is 2.21 bits per heavy atom. The van der Waals surface area contributed by atoms with E-state index in [1.807, 2.05) is 22.8 Å². The quantitative estimate of drug-likeness (QED) is 0.803. The van der Waals surface area contributed by atoms with E-state index < -0.39 is 11.5 Å². The fourth-order valence-corrected chi connectivity index (χ4v) is 3.96. The van der Waals surface area contributed by atoms with E-state index in [0.29, 0.717) is 12.4 Å². The van der Waals surface area contributed by atoms with Gasteiger partial charge >= 0.3 is 0 Å². The first-order valence-electron chi connectivity index (χ1n) is 9.91. The summed E-state index contributed by atoms with van der Waals surface area (Å²) in [7, 11) is 0. The number of nitrogens with two attached hydrogens (primary N) is 1. The Morgan fingerprint density at radius 1 is 1.43 bits per heavy atom. The topological polar surface area (TPSA) is 90.4 Å². The molecule has 0 spiro atoms. The predicted molar refractivity (Wildman–Crippen MR) is 106 cm³/mol. The number of primary amides is 1. The van der Waals surface area contributed by atoms with E-state index >= 15 is 0 Å². The molecule has 2 aliphatic rings. The van der Waals surface area contributed by atoms with Crippen LogP contribution in [0.25, 0.3) is 11.4 Å². The molecule has 1 unspecified atom stereocenters. The second-order valence-corrected chi connectivity index (χ2v) is 7.69. The van der Waals surface area contributed by atoms with Crippen LogP contribution in [0.15, 0.2) is 24.4 Å². The maximum absolute atomic E-state index is 11.6. The molecule has 1 aromatic heterocycles. The number of imidazole rings is 1. The number of hydrogen-bond donors (Lipinski definition) is 2. The van der Waals surface area contributed by atoms with Crippen molar-refractivity contribution in [3.63, 3.8) is 0 Å². The number of carbonyl (C=O) groups excluding carboxylic acids is 1. The molecule has 1 amide bonds. The number of fused-ring (bicyclic) bond motifs is 3. The van der Waals surface area contributed by atoms with Gasteiger partial charge in [0.05, 0.1) is 12.1 Å². The Bertz CT molecular complexity index is 961. The average molecular weight is 379 g/mol. The summed E-state index contributed by atoms with van der Waals surface area (Å²) < 4.78 is 8.16. The molecule has 2 heterocycles. The van der Waals surface area contributed by atoms with E-state index in [1.54, 1.807) is 6.20 Å². The van der Waals surface area contributed by atoms with Crippen LogP contribution in [0.4, 0.5) is 0 Å². The Morgan fingerprint density at radius 3 is 2.93 bits per heavy atom. The van der Waals surface area contributed by atoms with Crippen LogP contribution in [-0.4, -0.2) is 32.3 Å². The number of rotatable bonds is 3. The minimum Gasteiger partial charge on any atom is -0.488 e. The number of benzene rings is 1. The van der Waals surface area contributed by atoms with E-state index in [0.717, 1.165) is 55.4 Å². The van der Waals surface area contributed by atoms with Crippen LogP contribution < -0.4 is 10.5 Å². The van der Waals surface area contributed by atoms with Crippen LogP contribution in [0.1, 0.15) is 61.5 Å². The van der Waals surface area contributed by atoms with Crippen LogP contribution in [0.5, 0.6) is 5.75 Å². The monoisotopic (exact) mass is 379 g/mol. The molecule has 1 aliphatic carbocycles. The molecule has 0 bridgehead atoms. The molecule has 2 aromatic rings. The fraction of sp³-hybridized carbons (Fsp3) is 0.455. The van der Waals surface area contributed by atoms with Gasteiger partial charge in [-0.05, 0) is 50.3 Å². The molecule has 1 saturated carbocycles. The summed E-state index contributed by atoms with van der Waals surface area (Å²) in [5, 5.41) is 10.5.